The maximum Gasteiger partial charge on any atom is 0.323 e. The van der Waals surface area contributed by atoms with Crippen molar-refractivity contribution < 1.29 is 14.7 Å². The van der Waals surface area contributed by atoms with Crippen LogP contribution < -0.4 is 0 Å². The Kier molecular flexibility index (Phi) is 5.95. The lowest BCUT2D eigenvalue weighted by atomic mass is 10.2. The Labute approximate surface area is 109 Å². The summed E-state index contributed by atoms with van der Waals surface area (Å²) in [6.45, 7) is 4.88. The molecule has 1 aliphatic rings. The molecule has 0 atom stereocenters. The number of hydrogen-bond donors (Lipinski definition) is 1. The summed E-state index contributed by atoms with van der Waals surface area (Å²) in [6.07, 6.45) is 5.21. The van der Waals surface area contributed by atoms with Gasteiger partial charge in [-0.2, -0.15) is 0 Å². The Morgan fingerprint density at radius 2 is 1.83 bits per heavy atom. The van der Waals surface area contributed by atoms with Gasteiger partial charge in [-0.1, -0.05) is 19.8 Å². The predicted octanol–water partition coefficient (Wildman–Crippen LogP) is 2.17. The number of aliphatic carboxylic acids is 1. The maximum atomic E-state index is 12.4. The van der Waals surface area contributed by atoms with E-state index >= 15 is 0 Å². The Morgan fingerprint density at radius 1 is 1.22 bits per heavy atom. The minimum absolute atomic E-state index is 0.117. The van der Waals surface area contributed by atoms with Gasteiger partial charge in [-0.15, -0.1) is 0 Å². The molecule has 1 saturated carbocycles. The van der Waals surface area contributed by atoms with Crippen LogP contribution in [0.4, 0.5) is 4.79 Å². The molecule has 0 aromatic heterocycles. The molecule has 18 heavy (non-hydrogen) atoms. The summed E-state index contributed by atoms with van der Waals surface area (Å²) < 4.78 is 0. The van der Waals surface area contributed by atoms with Crippen LogP contribution in [0.1, 0.15) is 46.0 Å². The van der Waals surface area contributed by atoms with E-state index in [9.17, 15) is 9.59 Å². The van der Waals surface area contributed by atoms with Crippen LogP contribution in [0.5, 0.6) is 0 Å². The van der Waals surface area contributed by atoms with Gasteiger partial charge in [0.1, 0.15) is 6.54 Å². The molecule has 5 nitrogen and oxygen atoms in total. The van der Waals surface area contributed by atoms with Gasteiger partial charge in [0.2, 0.25) is 0 Å². The van der Waals surface area contributed by atoms with Crippen LogP contribution >= 0.6 is 0 Å². The van der Waals surface area contributed by atoms with Crippen LogP contribution in [0.2, 0.25) is 0 Å². The van der Waals surface area contributed by atoms with Crippen LogP contribution in [0.15, 0.2) is 0 Å². The van der Waals surface area contributed by atoms with Crippen molar-refractivity contribution in [2.75, 3.05) is 19.6 Å². The first-order valence-corrected chi connectivity index (χ1v) is 6.87. The molecule has 0 aromatic rings. The van der Waals surface area contributed by atoms with Gasteiger partial charge in [-0.05, 0) is 26.2 Å². The Bertz CT molecular complexity index is 288. The van der Waals surface area contributed by atoms with Gasteiger partial charge in [-0.25, -0.2) is 4.79 Å². The zero-order chi connectivity index (χ0) is 13.5. The maximum absolute atomic E-state index is 12.4. The van der Waals surface area contributed by atoms with Gasteiger partial charge < -0.3 is 14.9 Å². The van der Waals surface area contributed by atoms with Gasteiger partial charge in [0.15, 0.2) is 0 Å². The highest BCUT2D eigenvalue weighted by Gasteiger charge is 2.29. The Balaban J connectivity index is 2.68. The van der Waals surface area contributed by atoms with Crippen LogP contribution in [0.25, 0.3) is 0 Å². The summed E-state index contributed by atoms with van der Waals surface area (Å²) in [5.74, 6) is -0.945. The lowest BCUT2D eigenvalue weighted by Gasteiger charge is -2.33. The molecule has 1 N–H and O–H groups in total. The van der Waals surface area contributed by atoms with E-state index in [2.05, 4.69) is 0 Å². The van der Waals surface area contributed by atoms with Crippen molar-refractivity contribution in [3.8, 4) is 0 Å². The molecule has 0 radical (unpaired) electrons. The van der Waals surface area contributed by atoms with E-state index in [0.717, 1.165) is 19.3 Å². The fourth-order valence-electron chi connectivity index (χ4n) is 2.62. The molecule has 1 aliphatic carbocycles. The van der Waals surface area contributed by atoms with E-state index in [4.69, 9.17) is 5.11 Å². The number of nitrogens with zero attached hydrogens (tertiary/aromatic N) is 2. The van der Waals surface area contributed by atoms with Crippen molar-refractivity contribution in [1.82, 2.24) is 9.80 Å². The number of carbonyl (C=O) groups excluding carboxylic acids is 1. The zero-order valence-electron chi connectivity index (χ0n) is 11.4. The summed E-state index contributed by atoms with van der Waals surface area (Å²) in [6, 6.07) is 0.185. The number of carboxylic acids is 1. The third-order valence-corrected chi connectivity index (χ3v) is 3.44. The average Bonchev–Trinajstić information content (AvgIpc) is 2.82. The normalized spacial score (nSPS) is 15.7. The Hall–Kier alpha value is -1.26. The van der Waals surface area contributed by atoms with Gasteiger partial charge >= 0.3 is 12.0 Å². The number of hydrogen-bond acceptors (Lipinski definition) is 2. The molecule has 0 heterocycles. The molecule has 0 bridgehead atoms. The highest BCUT2D eigenvalue weighted by molar-refractivity contribution is 5.80. The topological polar surface area (TPSA) is 60.9 Å². The number of amides is 2. The van der Waals surface area contributed by atoms with Crippen molar-refractivity contribution in [2.24, 2.45) is 0 Å². The molecule has 104 valence electrons. The zero-order valence-corrected chi connectivity index (χ0v) is 11.4. The number of urea groups is 1. The van der Waals surface area contributed by atoms with Gasteiger partial charge in [0, 0.05) is 19.1 Å². The predicted molar refractivity (Wildman–Crippen MR) is 69.5 cm³/mol. The fourth-order valence-corrected chi connectivity index (χ4v) is 2.62. The Morgan fingerprint density at radius 3 is 2.28 bits per heavy atom. The third-order valence-electron chi connectivity index (χ3n) is 3.44. The molecular weight excluding hydrogens is 232 g/mol. The molecular formula is C13H24N2O3. The quantitative estimate of drug-likeness (QED) is 0.792. The number of carboxylic acid groups (broad SMARTS) is 1. The average molecular weight is 256 g/mol. The highest BCUT2D eigenvalue weighted by atomic mass is 16.4. The first-order valence-electron chi connectivity index (χ1n) is 6.87. The summed E-state index contributed by atoms with van der Waals surface area (Å²) in [4.78, 5) is 26.5. The van der Waals surface area contributed by atoms with Crippen LogP contribution in [-0.4, -0.2) is 52.6 Å². The van der Waals surface area contributed by atoms with E-state index in [-0.39, 0.29) is 12.6 Å². The molecule has 0 saturated heterocycles. The van der Waals surface area contributed by atoms with Gasteiger partial charge in [0.05, 0.1) is 0 Å². The summed E-state index contributed by atoms with van der Waals surface area (Å²) in [5, 5.41) is 8.87. The lowest BCUT2D eigenvalue weighted by molar-refractivity contribution is -0.137. The molecule has 0 aromatic carbocycles. The van der Waals surface area contributed by atoms with E-state index in [1.807, 2.05) is 18.7 Å². The minimum Gasteiger partial charge on any atom is -0.480 e. The molecule has 1 fully saturated rings. The van der Waals surface area contributed by atoms with Crippen molar-refractivity contribution in [2.45, 2.75) is 52.0 Å². The molecule has 1 rings (SSSR count). The van der Waals surface area contributed by atoms with E-state index in [1.54, 1.807) is 0 Å². The van der Waals surface area contributed by atoms with Crippen molar-refractivity contribution in [3.63, 3.8) is 0 Å². The number of rotatable bonds is 6. The van der Waals surface area contributed by atoms with Crippen molar-refractivity contribution in [3.05, 3.63) is 0 Å². The third kappa shape index (κ3) is 3.89. The second-order valence-electron chi connectivity index (χ2n) is 4.82. The summed E-state index contributed by atoms with van der Waals surface area (Å²) in [7, 11) is 0. The highest BCUT2D eigenvalue weighted by Crippen LogP contribution is 2.24. The molecule has 0 unspecified atom stereocenters. The summed E-state index contributed by atoms with van der Waals surface area (Å²) >= 11 is 0. The molecule has 5 heteroatoms. The van der Waals surface area contributed by atoms with E-state index < -0.39 is 5.97 Å². The first kappa shape index (κ1) is 14.8. The van der Waals surface area contributed by atoms with Crippen molar-refractivity contribution in [1.29, 1.82) is 0 Å². The molecule has 0 aliphatic heterocycles. The largest absolute Gasteiger partial charge is 0.480 e. The second-order valence-corrected chi connectivity index (χ2v) is 4.82. The van der Waals surface area contributed by atoms with Crippen molar-refractivity contribution >= 4 is 12.0 Å². The van der Waals surface area contributed by atoms with Crippen LogP contribution in [-0.2, 0) is 4.79 Å². The van der Waals surface area contributed by atoms with E-state index in [1.165, 1.54) is 17.7 Å². The second kappa shape index (κ2) is 7.24. The molecule has 2 amide bonds. The monoisotopic (exact) mass is 256 g/mol. The van der Waals surface area contributed by atoms with Crippen LogP contribution in [0, 0.1) is 0 Å². The van der Waals surface area contributed by atoms with E-state index in [0.29, 0.717) is 19.1 Å². The lowest BCUT2D eigenvalue weighted by Crippen LogP contribution is -2.49. The van der Waals surface area contributed by atoms with Crippen LogP contribution in [0.3, 0.4) is 0 Å². The standard InChI is InChI=1S/C13H24N2O3/c1-3-9-14(10-12(16)17)13(18)15(4-2)11-7-5-6-8-11/h11H,3-10H2,1-2H3,(H,16,17). The summed E-state index contributed by atoms with van der Waals surface area (Å²) in [5.41, 5.74) is 0. The van der Waals surface area contributed by atoms with Gasteiger partial charge in [-0.3, -0.25) is 4.79 Å². The molecule has 0 spiro atoms. The number of carbonyl (C=O) groups is 2. The SMILES string of the molecule is CCCN(CC(=O)O)C(=O)N(CC)C1CCCC1. The minimum atomic E-state index is -0.945. The first-order chi connectivity index (χ1) is 8.60. The van der Waals surface area contributed by atoms with Gasteiger partial charge in [0.25, 0.3) is 0 Å². The smallest absolute Gasteiger partial charge is 0.323 e. The fraction of sp³-hybridized carbons (Fsp3) is 0.846.